The van der Waals surface area contributed by atoms with Gasteiger partial charge in [-0.2, -0.15) is 5.10 Å². The van der Waals surface area contributed by atoms with Gasteiger partial charge in [-0.3, -0.25) is 0 Å². The predicted molar refractivity (Wildman–Crippen MR) is 102 cm³/mol. The van der Waals surface area contributed by atoms with E-state index in [0.29, 0.717) is 19.1 Å². The highest BCUT2D eigenvalue weighted by atomic mass is 79.9. The van der Waals surface area contributed by atoms with E-state index >= 15 is 0 Å². The number of halogens is 1. The van der Waals surface area contributed by atoms with Crippen LogP contribution in [-0.4, -0.2) is 31.1 Å². The molecule has 0 bridgehead atoms. The van der Waals surface area contributed by atoms with Crippen LogP contribution in [0.25, 0.3) is 16.7 Å². The summed E-state index contributed by atoms with van der Waals surface area (Å²) in [6, 6.07) is 7.24. The first kappa shape index (κ1) is 18.2. The van der Waals surface area contributed by atoms with Crippen LogP contribution >= 0.6 is 15.9 Å². The molecule has 0 saturated heterocycles. The fourth-order valence-electron chi connectivity index (χ4n) is 2.23. The Morgan fingerprint density at radius 3 is 2.74 bits per heavy atom. The summed E-state index contributed by atoms with van der Waals surface area (Å²) < 4.78 is 14.3. The third-order valence-electron chi connectivity index (χ3n) is 3.51. The Hall–Kier alpha value is -1.11. The van der Waals surface area contributed by atoms with E-state index in [9.17, 15) is 0 Å². The zero-order valence-electron chi connectivity index (χ0n) is 14.4. The van der Waals surface area contributed by atoms with Crippen molar-refractivity contribution in [1.82, 2.24) is 9.78 Å². The van der Waals surface area contributed by atoms with Crippen LogP contribution in [-0.2, 0) is 16.2 Å². The molecule has 0 radical (unpaired) electrons. The predicted octanol–water partition coefficient (Wildman–Crippen LogP) is 5.12. The third-order valence-corrected chi connectivity index (χ3v) is 5.70. The van der Waals surface area contributed by atoms with Crippen LogP contribution in [0, 0.1) is 0 Å². The number of aromatic nitrogens is 2. The molecule has 23 heavy (non-hydrogen) atoms. The van der Waals surface area contributed by atoms with E-state index in [2.05, 4.69) is 47.2 Å². The molecule has 0 aliphatic rings. The molecular formula is C17H25BrN2O2Si. The zero-order valence-corrected chi connectivity index (χ0v) is 16.9. The molecular weight excluding hydrogens is 372 g/mol. The summed E-state index contributed by atoms with van der Waals surface area (Å²) in [5, 5.41) is 5.66. The molecule has 1 heterocycles. The van der Waals surface area contributed by atoms with Crippen LogP contribution in [0.3, 0.4) is 0 Å². The largest absolute Gasteiger partial charge is 0.492 e. The first-order chi connectivity index (χ1) is 10.8. The van der Waals surface area contributed by atoms with Gasteiger partial charge in [-0.1, -0.05) is 42.1 Å². The fraction of sp³-hybridized carbons (Fsp3) is 0.471. The number of benzene rings is 1. The van der Waals surface area contributed by atoms with Gasteiger partial charge in [-0.25, -0.2) is 4.68 Å². The van der Waals surface area contributed by atoms with Crippen molar-refractivity contribution in [2.45, 2.75) is 39.3 Å². The number of hydrogen-bond acceptors (Lipinski definition) is 3. The van der Waals surface area contributed by atoms with E-state index in [-0.39, 0.29) is 0 Å². The van der Waals surface area contributed by atoms with Crippen molar-refractivity contribution in [2.24, 2.45) is 0 Å². The molecule has 126 valence electrons. The Balaban J connectivity index is 2.21. The van der Waals surface area contributed by atoms with Crippen molar-refractivity contribution in [3.05, 3.63) is 34.9 Å². The van der Waals surface area contributed by atoms with E-state index < -0.39 is 8.07 Å². The topological polar surface area (TPSA) is 36.3 Å². The maximum absolute atomic E-state index is 5.84. The standard InChI is InChI=1S/C17H25BrN2O2Si/c1-6-22-13(2)17-15-11-14(18)7-8-16(15)20(19-17)12-21-9-10-23(3,4)5/h7-8,11H,2,6,9-10,12H2,1,3-5H3. The summed E-state index contributed by atoms with van der Waals surface area (Å²) in [5.41, 5.74) is 1.80. The van der Waals surface area contributed by atoms with Crippen LogP contribution in [0.4, 0.5) is 0 Å². The number of ether oxygens (including phenoxy) is 2. The lowest BCUT2D eigenvalue weighted by atomic mass is 10.2. The average Bonchev–Trinajstić information content (AvgIpc) is 2.81. The maximum Gasteiger partial charge on any atom is 0.140 e. The van der Waals surface area contributed by atoms with Gasteiger partial charge in [0.15, 0.2) is 0 Å². The van der Waals surface area contributed by atoms with Crippen LogP contribution < -0.4 is 0 Å². The normalized spacial score (nSPS) is 11.9. The van der Waals surface area contributed by atoms with E-state index in [1.807, 2.05) is 29.8 Å². The Kier molecular flexibility index (Phi) is 6.05. The van der Waals surface area contributed by atoms with E-state index in [1.54, 1.807) is 0 Å². The minimum atomic E-state index is -1.07. The number of nitrogens with zero attached hydrogens (tertiary/aromatic N) is 2. The highest BCUT2D eigenvalue weighted by Crippen LogP contribution is 2.27. The lowest BCUT2D eigenvalue weighted by Crippen LogP contribution is -2.22. The quantitative estimate of drug-likeness (QED) is 0.353. The van der Waals surface area contributed by atoms with Gasteiger partial charge >= 0.3 is 0 Å². The van der Waals surface area contributed by atoms with Gasteiger partial charge in [0.2, 0.25) is 0 Å². The molecule has 0 fully saturated rings. The first-order valence-corrected chi connectivity index (χ1v) is 12.4. The minimum absolute atomic E-state index is 0.446. The Morgan fingerprint density at radius 2 is 2.09 bits per heavy atom. The van der Waals surface area contributed by atoms with Crippen molar-refractivity contribution < 1.29 is 9.47 Å². The Labute approximate surface area is 147 Å². The van der Waals surface area contributed by atoms with E-state index in [4.69, 9.17) is 9.47 Å². The smallest absolute Gasteiger partial charge is 0.140 e. The molecule has 6 heteroatoms. The van der Waals surface area contributed by atoms with E-state index in [1.165, 1.54) is 0 Å². The first-order valence-electron chi connectivity index (χ1n) is 7.87. The second kappa shape index (κ2) is 7.64. The monoisotopic (exact) mass is 396 g/mol. The van der Waals surface area contributed by atoms with Crippen LogP contribution in [0.15, 0.2) is 29.3 Å². The summed E-state index contributed by atoms with van der Waals surface area (Å²) in [6.45, 7) is 14.8. The molecule has 1 aromatic carbocycles. The van der Waals surface area contributed by atoms with Crippen molar-refractivity contribution in [1.29, 1.82) is 0 Å². The number of rotatable bonds is 8. The number of hydrogen-bond donors (Lipinski definition) is 0. The molecule has 0 saturated carbocycles. The molecule has 0 amide bonds. The fourth-order valence-corrected chi connectivity index (χ4v) is 3.35. The van der Waals surface area contributed by atoms with Crippen molar-refractivity contribution in [3.8, 4) is 0 Å². The summed E-state index contributed by atoms with van der Waals surface area (Å²) in [7, 11) is -1.07. The van der Waals surface area contributed by atoms with Gasteiger partial charge in [0.05, 0.1) is 12.1 Å². The molecule has 4 nitrogen and oxygen atoms in total. The third kappa shape index (κ3) is 4.93. The molecule has 1 aromatic heterocycles. The second-order valence-corrected chi connectivity index (χ2v) is 13.3. The van der Waals surface area contributed by atoms with Gasteiger partial charge in [-0.15, -0.1) is 0 Å². The molecule has 0 N–H and O–H groups in total. The van der Waals surface area contributed by atoms with Crippen LogP contribution in [0.5, 0.6) is 0 Å². The SMILES string of the molecule is C=C(OCC)c1nn(COCC[Si](C)(C)C)c2ccc(Br)cc12. The molecule has 0 spiro atoms. The van der Waals surface area contributed by atoms with Crippen molar-refractivity contribution in [2.75, 3.05) is 13.2 Å². The molecule has 0 atom stereocenters. The van der Waals surface area contributed by atoms with Gasteiger partial charge in [0.1, 0.15) is 18.2 Å². The average molecular weight is 397 g/mol. The molecule has 0 unspecified atom stereocenters. The highest BCUT2D eigenvalue weighted by molar-refractivity contribution is 9.10. The van der Waals surface area contributed by atoms with Gasteiger partial charge < -0.3 is 9.47 Å². The van der Waals surface area contributed by atoms with Gasteiger partial charge in [0.25, 0.3) is 0 Å². The molecule has 2 aromatic rings. The lowest BCUT2D eigenvalue weighted by molar-refractivity contribution is 0.0815. The van der Waals surface area contributed by atoms with Crippen LogP contribution in [0.1, 0.15) is 12.6 Å². The number of fused-ring (bicyclic) bond motifs is 1. The Morgan fingerprint density at radius 1 is 1.35 bits per heavy atom. The van der Waals surface area contributed by atoms with Crippen molar-refractivity contribution >= 4 is 40.7 Å². The van der Waals surface area contributed by atoms with Gasteiger partial charge in [-0.05, 0) is 31.2 Å². The van der Waals surface area contributed by atoms with Crippen molar-refractivity contribution in [3.63, 3.8) is 0 Å². The lowest BCUT2D eigenvalue weighted by Gasteiger charge is -2.15. The molecule has 0 aliphatic heterocycles. The second-order valence-electron chi connectivity index (χ2n) is 6.71. The summed E-state index contributed by atoms with van der Waals surface area (Å²) in [6.07, 6.45) is 0. The Bertz CT molecular complexity index is 692. The zero-order chi connectivity index (χ0) is 17.0. The molecule has 0 aliphatic carbocycles. The van der Waals surface area contributed by atoms with Crippen LogP contribution in [0.2, 0.25) is 25.7 Å². The minimum Gasteiger partial charge on any atom is -0.492 e. The molecule has 2 rings (SSSR count). The summed E-state index contributed by atoms with van der Waals surface area (Å²) in [5.74, 6) is 0.594. The highest BCUT2D eigenvalue weighted by Gasteiger charge is 2.15. The van der Waals surface area contributed by atoms with E-state index in [0.717, 1.165) is 33.7 Å². The summed E-state index contributed by atoms with van der Waals surface area (Å²) >= 11 is 3.52. The van der Waals surface area contributed by atoms with Gasteiger partial charge in [0, 0.05) is 24.5 Å². The summed E-state index contributed by atoms with van der Waals surface area (Å²) in [4.78, 5) is 0. The maximum atomic E-state index is 5.84.